The minimum Gasteiger partial charge on any atom is -0.345 e. The van der Waals surface area contributed by atoms with Crippen LogP contribution >= 0.6 is 0 Å². The van der Waals surface area contributed by atoms with Crippen LogP contribution in [0.25, 0.3) is 21.5 Å². The summed E-state index contributed by atoms with van der Waals surface area (Å²) >= 11 is 0. The van der Waals surface area contributed by atoms with E-state index in [-0.39, 0.29) is 0 Å². The van der Waals surface area contributed by atoms with E-state index in [1.54, 1.807) is 0 Å². The molecule has 9 rings (SSSR count). The number of para-hydroxylation sites is 6. The van der Waals surface area contributed by atoms with Crippen LogP contribution < -0.4 is 19.6 Å². The van der Waals surface area contributed by atoms with Gasteiger partial charge in [0.05, 0.1) is 39.8 Å². The van der Waals surface area contributed by atoms with Crippen molar-refractivity contribution in [3.63, 3.8) is 0 Å². The average Bonchev–Trinajstić information content (AvgIpc) is 3.11. The number of anilines is 8. The molecule has 46 heavy (non-hydrogen) atoms. The Morgan fingerprint density at radius 1 is 0.478 bits per heavy atom. The first-order chi connectivity index (χ1) is 22.5. The van der Waals surface area contributed by atoms with Gasteiger partial charge in [0.25, 0.3) is 0 Å². The molecule has 0 fully saturated rings. The Morgan fingerprint density at radius 3 is 1.48 bits per heavy atom. The second-order valence-corrected chi connectivity index (χ2v) is 12.7. The van der Waals surface area contributed by atoms with Crippen LogP contribution in [0.3, 0.4) is 0 Å². The number of aryl methyl sites for hydroxylation is 2. The van der Waals surface area contributed by atoms with Gasteiger partial charge in [-0.15, -0.1) is 0 Å². The van der Waals surface area contributed by atoms with Gasteiger partial charge < -0.3 is 19.6 Å². The maximum Gasteiger partial charge on any atom is 0.0699 e. The number of allylic oxidation sites excluding steroid dienone is 3. The first-order valence-electron chi connectivity index (χ1n) is 16.2. The molecule has 3 aliphatic rings. The molecular weight excluding hydrogens is 560 g/mol. The Morgan fingerprint density at radius 2 is 0.935 bits per heavy atom. The molecule has 0 N–H and O–H groups in total. The standard InChI is InChI=1S/C42H36N4/c1-27-31-23-21-30(46-41-19-11-7-15-37(41)44(4)38-16-8-12-20-42(38)46)26-34(31)28(2)32-24-22-29(25-33(27)32)45-39-17-9-5-13-35(39)43(3)36-14-6-10-18-40(36)45/h5-7,9-15,17-26H,8,16H2,1-4H3. The van der Waals surface area contributed by atoms with Gasteiger partial charge in [-0.2, -0.15) is 0 Å². The number of benzene rings is 6. The lowest BCUT2D eigenvalue weighted by atomic mass is 9.91. The number of nitrogens with zero attached hydrogens (tertiary/aromatic N) is 4. The lowest BCUT2D eigenvalue weighted by Gasteiger charge is -2.41. The van der Waals surface area contributed by atoms with Gasteiger partial charge in [0.15, 0.2) is 0 Å². The normalized spacial score (nSPS) is 15.3. The first kappa shape index (κ1) is 26.9. The third-order valence-electron chi connectivity index (χ3n) is 10.4. The van der Waals surface area contributed by atoms with Crippen molar-refractivity contribution in [2.75, 3.05) is 33.7 Å². The van der Waals surface area contributed by atoms with E-state index in [9.17, 15) is 0 Å². The van der Waals surface area contributed by atoms with E-state index in [1.165, 1.54) is 89.6 Å². The molecule has 0 unspecified atom stereocenters. The van der Waals surface area contributed by atoms with Crippen molar-refractivity contribution in [3.05, 3.63) is 144 Å². The van der Waals surface area contributed by atoms with Crippen LogP contribution in [0.1, 0.15) is 24.0 Å². The second kappa shape index (κ2) is 10.0. The lowest BCUT2D eigenvalue weighted by Crippen LogP contribution is -2.32. The van der Waals surface area contributed by atoms with Crippen LogP contribution in [0.15, 0.2) is 133 Å². The Hall–Kier alpha value is -5.48. The molecule has 0 spiro atoms. The summed E-state index contributed by atoms with van der Waals surface area (Å²) in [6.45, 7) is 4.58. The minimum atomic E-state index is 1.05. The van der Waals surface area contributed by atoms with Gasteiger partial charge in [-0.1, -0.05) is 54.6 Å². The monoisotopic (exact) mass is 596 g/mol. The zero-order valence-electron chi connectivity index (χ0n) is 26.8. The number of rotatable bonds is 2. The van der Waals surface area contributed by atoms with Gasteiger partial charge in [0.1, 0.15) is 0 Å². The zero-order valence-corrected chi connectivity index (χ0v) is 26.8. The molecule has 0 amide bonds. The molecule has 4 nitrogen and oxygen atoms in total. The molecular formula is C42H36N4. The fraction of sp³-hybridized carbons (Fsp3) is 0.143. The Balaban J connectivity index is 1.22. The van der Waals surface area contributed by atoms with Gasteiger partial charge in [-0.05, 0) is 126 Å². The van der Waals surface area contributed by atoms with Crippen LogP contribution in [-0.4, -0.2) is 14.1 Å². The molecule has 2 aliphatic heterocycles. The Bertz CT molecular complexity index is 2250. The van der Waals surface area contributed by atoms with Gasteiger partial charge in [-0.25, -0.2) is 0 Å². The molecule has 0 saturated heterocycles. The van der Waals surface area contributed by atoms with Crippen molar-refractivity contribution in [1.82, 2.24) is 0 Å². The summed E-state index contributed by atoms with van der Waals surface area (Å²) in [5, 5.41) is 5.22. The minimum absolute atomic E-state index is 1.05. The summed E-state index contributed by atoms with van der Waals surface area (Å²) in [6.07, 6.45) is 6.75. The summed E-state index contributed by atoms with van der Waals surface area (Å²) in [4.78, 5) is 9.55. The average molecular weight is 597 g/mol. The van der Waals surface area contributed by atoms with E-state index in [2.05, 4.69) is 169 Å². The van der Waals surface area contributed by atoms with Crippen LogP contribution in [0.4, 0.5) is 45.5 Å². The number of hydrogen-bond acceptors (Lipinski definition) is 4. The van der Waals surface area contributed by atoms with Gasteiger partial charge in [-0.3, -0.25) is 0 Å². The predicted octanol–water partition coefficient (Wildman–Crippen LogP) is 11.3. The molecule has 0 radical (unpaired) electrons. The number of fused-ring (bicyclic) bond motifs is 5. The first-order valence-corrected chi connectivity index (χ1v) is 16.2. The highest BCUT2D eigenvalue weighted by atomic mass is 15.3. The van der Waals surface area contributed by atoms with E-state index >= 15 is 0 Å². The number of hydrogen-bond donors (Lipinski definition) is 0. The third-order valence-corrected chi connectivity index (χ3v) is 10.4. The zero-order chi connectivity index (χ0) is 31.1. The van der Waals surface area contributed by atoms with Crippen LogP contribution in [0.2, 0.25) is 0 Å². The summed E-state index contributed by atoms with van der Waals surface area (Å²) < 4.78 is 0. The third kappa shape index (κ3) is 3.73. The summed E-state index contributed by atoms with van der Waals surface area (Å²) in [5.74, 6) is 0. The molecule has 0 saturated carbocycles. The van der Waals surface area contributed by atoms with Crippen molar-refractivity contribution < 1.29 is 0 Å². The van der Waals surface area contributed by atoms with Crippen molar-refractivity contribution >= 4 is 67.0 Å². The van der Waals surface area contributed by atoms with Gasteiger partial charge in [0.2, 0.25) is 0 Å². The lowest BCUT2D eigenvalue weighted by molar-refractivity contribution is 0.849. The smallest absolute Gasteiger partial charge is 0.0699 e. The molecule has 6 aromatic carbocycles. The summed E-state index contributed by atoms with van der Waals surface area (Å²) in [5.41, 5.74) is 15.0. The molecule has 1 aliphatic carbocycles. The maximum absolute atomic E-state index is 2.46. The molecule has 0 atom stereocenters. The van der Waals surface area contributed by atoms with E-state index in [1.807, 2.05) is 0 Å². The maximum atomic E-state index is 2.46. The van der Waals surface area contributed by atoms with E-state index < -0.39 is 0 Å². The topological polar surface area (TPSA) is 13.0 Å². The van der Waals surface area contributed by atoms with E-state index in [0.29, 0.717) is 0 Å². The van der Waals surface area contributed by atoms with Crippen molar-refractivity contribution in [2.24, 2.45) is 0 Å². The highest BCUT2D eigenvalue weighted by molar-refractivity contribution is 6.09. The van der Waals surface area contributed by atoms with Gasteiger partial charge in [0, 0.05) is 31.2 Å². The summed E-state index contributed by atoms with van der Waals surface area (Å²) in [6, 6.07) is 40.3. The van der Waals surface area contributed by atoms with E-state index in [4.69, 9.17) is 0 Å². The molecule has 6 aromatic rings. The molecule has 2 heterocycles. The van der Waals surface area contributed by atoms with Crippen LogP contribution in [0.5, 0.6) is 0 Å². The molecule has 0 aromatic heterocycles. The van der Waals surface area contributed by atoms with Crippen LogP contribution in [0, 0.1) is 13.8 Å². The molecule has 0 bridgehead atoms. The Kier molecular flexibility index (Phi) is 5.85. The van der Waals surface area contributed by atoms with Crippen molar-refractivity contribution in [3.8, 4) is 0 Å². The predicted molar refractivity (Wildman–Crippen MR) is 196 cm³/mol. The molecule has 4 heteroatoms. The van der Waals surface area contributed by atoms with Crippen molar-refractivity contribution in [2.45, 2.75) is 26.7 Å². The quantitative estimate of drug-likeness (QED) is 0.184. The van der Waals surface area contributed by atoms with E-state index in [0.717, 1.165) is 12.8 Å². The van der Waals surface area contributed by atoms with Gasteiger partial charge >= 0.3 is 0 Å². The Labute approximate surface area is 270 Å². The highest BCUT2D eigenvalue weighted by Gasteiger charge is 2.30. The van der Waals surface area contributed by atoms with Crippen molar-refractivity contribution in [1.29, 1.82) is 0 Å². The SMILES string of the molecule is Cc1c2ccc(N3c4ccccc4N(C)c4ccccc43)cc2c(C)c2ccc(N3C4=C(CCC=C4)N(C)c4ccccc43)cc12. The fourth-order valence-electron chi connectivity index (χ4n) is 7.99. The molecule has 224 valence electrons. The largest absolute Gasteiger partial charge is 0.345 e. The second-order valence-electron chi connectivity index (χ2n) is 12.7. The highest BCUT2D eigenvalue weighted by Crippen LogP contribution is 2.51. The fourth-order valence-corrected chi connectivity index (χ4v) is 7.99. The van der Waals surface area contributed by atoms with Crippen LogP contribution in [-0.2, 0) is 0 Å². The summed E-state index contributed by atoms with van der Waals surface area (Å²) in [7, 11) is 4.37.